The maximum Gasteiger partial charge on any atom is 0.136 e. The molecule has 1 saturated carbocycles. The van der Waals surface area contributed by atoms with Crippen molar-refractivity contribution < 1.29 is 0 Å². The summed E-state index contributed by atoms with van der Waals surface area (Å²) in [6.07, 6.45) is 2.35. The van der Waals surface area contributed by atoms with Crippen LogP contribution in [0, 0.1) is 13.8 Å². The molecule has 4 nitrogen and oxygen atoms in total. The standard InChI is InChI=1S/C15H18N4/c1-9-3-4-10(2)12(7-9)17-14-8-13(16)18-15(19-14)11-5-6-11/h3-4,7-8,11H,5-6H2,1-2H3,(H3,16,17,18,19). The van der Waals surface area contributed by atoms with Gasteiger partial charge in [-0.1, -0.05) is 12.1 Å². The Balaban J connectivity index is 1.92. The van der Waals surface area contributed by atoms with Gasteiger partial charge in [0.15, 0.2) is 0 Å². The number of benzene rings is 1. The van der Waals surface area contributed by atoms with Gasteiger partial charge in [0.05, 0.1) is 0 Å². The monoisotopic (exact) mass is 254 g/mol. The van der Waals surface area contributed by atoms with Crippen molar-refractivity contribution in [2.45, 2.75) is 32.6 Å². The molecule has 1 heterocycles. The molecule has 2 aromatic rings. The number of rotatable bonds is 3. The molecule has 0 saturated heterocycles. The third kappa shape index (κ3) is 2.67. The van der Waals surface area contributed by atoms with Crippen molar-refractivity contribution >= 4 is 17.3 Å². The number of nitrogen functional groups attached to an aromatic ring is 1. The van der Waals surface area contributed by atoms with E-state index in [2.05, 4.69) is 47.3 Å². The number of aromatic nitrogens is 2. The Hall–Kier alpha value is -2.10. The van der Waals surface area contributed by atoms with E-state index in [0.717, 1.165) is 17.3 Å². The highest BCUT2D eigenvalue weighted by atomic mass is 15.1. The van der Waals surface area contributed by atoms with Crippen LogP contribution >= 0.6 is 0 Å². The molecule has 0 radical (unpaired) electrons. The van der Waals surface area contributed by atoms with Crippen LogP contribution in [0.5, 0.6) is 0 Å². The lowest BCUT2D eigenvalue weighted by atomic mass is 10.1. The van der Waals surface area contributed by atoms with Crippen LogP contribution in [0.25, 0.3) is 0 Å². The third-order valence-corrected chi connectivity index (χ3v) is 3.36. The maximum atomic E-state index is 5.86. The first-order valence-corrected chi connectivity index (χ1v) is 6.60. The maximum absolute atomic E-state index is 5.86. The van der Waals surface area contributed by atoms with Crippen LogP contribution in [0.2, 0.25) is 0 Å². The van der Waals surface area contributed by atoms with Gasteiger partial charge in [-0.15, -0.1) is 0 Å². The van der Waals surface area contributed by atoms with Crippen molar-refractivity contribution in [3.05, 3.63) is 41.2 Å². The van der Waals surface area contributed by atoms with Gasteiger partial charge in [-0.3, -0.25) is 0 Å². The lowest BCUT2D eigenvalue weighted by Crippen LogP contribution is -2.03. The number of nitrogens with zero attached hydrogens (tertiary/aromatic N) is 2. The zero-order valence-corrected chi connectivity index (χ0v) is 11.3. The molecule has 1 aromatic heterocycles. The summed E-state index contributed by atoms with van der Waals surface area (Å²) >= 11 is 0. The van der Waals surface area contributed by atoms with Crippen molar-refractivity contribution in [3.63, 3.8) is 0 Å². The predicted octanol–water partition coefficient (Wildman–Crippen LogP) is 3.30. The van der Waals surface area contributed by atoms with E-state index in [1.807, 2.05) is 0 Å². The minimum atomic E-state index is 0.502. The average Bonchev–Trinajstić information content (AvgIpc) is 3.17. The Morgan fingerprint density at radius 2 is 1.95 bits per heavy atom. The van der Waals surface area contributed by atoms with E-state index in [1.165, 1.54) is 24.0 Å². The molecule has 19 heavy (non-hydrogen) atoms. The SMILES string of the molecule is Cc1ccc(C)c(Nc2cc(N)nc(C3CC3)n2)c1. The van der Waals surface area contributed by atoms with E-state index >= 15 is 0 Å². The quantitative estimate of drug-likeness (QED) is 0.882. The summed E-state index contributed by atoms with van der Waals surface area (Å²) in [6, 6.07) is 8.10. The van der Waals surface area contributed by atoms with Crippen LogP contribution in [0.3, 0.4) is 0 Å². The van der Waals surface area contributed by atoms with E-state index < -0.39 is 0 Å². The van der Waals surface area contributed by atoms with Gasteiger partial charge in [0.25, 0.3) is 0 Å². The van der Waals surface area contributed by atoms with E-state index in [4.69, 9.17) is 5.73 Å². The first-order chi connectivity index (χ1) is 9.11. The molecule has 0 bridgehead atoms. The number of nitrogens with two attached hydrogens (primary N) is 1. The van der Waals surface area contributed by atoms with Crippen LogP contribution in [0.1, 0.15) is 35.7 Å². The Labute approximate surface area is 113 Å². The Kier molecular flexibility index (Phi) is 2.85. The molecule has 0 amide bonds. The topological polar surface area (TPSA) is 63.8 Å². The minimum Gasteiger partial charge on any atom is -0.384 e. The molecule has 0 spiro atoms. The van der Waals surface area contributed by atoms with Crippen molar-refractivity contribution in [3.8, 4) is 0 Å². The molecular weight excluding hydrogens is 236 g/mol. The zero-order chi connectivity index (χ0) is 13.4. The molecule has 1 aromatic carbocycles. The van der Waals surface area contributed by atoms with Gasteiger partial charge < -0.3 is 11.1 Å². The number of hydrogen-bond donors (Lipinski definition) is 2. The van der Waals surface area contributed by atoms with Gasteiger partial charge in [-0.05, 0) is 43.9 Å². The highest BCUT2D eigenvalue weighted by molar-refractivity contribution is 5.62. The van der Waals surface area contributed by atoms with E-state index in [9.17, 15) is 0 Å². The van der Waals surface area contributed by atoms with Crippen LogP contribution in [-0.2, 0) is 0 Å². The Morgan fingerprint density at radius 1 is 1.16 bits per heavy atom. The molecule has 1 aliphatic rings. The second-order valence-electron chi connectivity index (χ2n) is 5.25. The fraction of sp³-hybridized carbons (Fsp3) is 0.333. The molecule has 3 rings (SSSR count). The summed E-state index contributed by atoms with van der Waals surface area (Å²) in [4.78, 5) is 8.86. The molecule has 0 aliphatic heterocycles. The molecule has 3 N–H and O–H groups in total. The number of nitrogens with one attached hydrogen (secondary N) is 1. The van der Waals surface area contributed by atoms with Crippen molar-refractivity contribution in [1.82, 2.24) is 9.97 Å². The molecule has 1 fully saturated rings. The summed E-state index contributed by atoms with van der Waals surface area (Å²) in [5.41, 5.74) is 9.34. The van der Waals surface area contributed by atoms with Gasteiger partial charge in [-0.25, -0.2) is 9.97 Å². The van der Waals surface area contributed by atoms with Crippen molar-refractivity contribution in [1.29, 1.82) is 0 Å². The van der Waals surface area contributed by atoms with Crippen molar-refractivity contribution in [2.75, 3.05) is 11.1 Å². The molecule has 0 unspecified atom stereocenters. The lowest BCUT2D eigenvalue weighted by Gasteiger charge is -2.11. The van der Waals surface area contributed by atoms with Crippen LogP contribution in [-0.4, -0.2) is 9.97 Å². The predicted molar refractivity (Wildman–Crippen MR) is 77.6 cm³/mol. The van der Waals surface area contributed by atoms with Crippen LogP contribution < -0.4 is 11.1 Å². The molecule has 4 heteroatoms. The summed E-state index contributed by atoms with van der Waals surface area (Å²) in [5, 5.41) is 3.35. The average molecular weight is 254 g/mol. The summed E-state index contributed by atoms with van der Waals surface area (Å²) in [5.74, 6) is 2.68. The minimum absolute atomic E-state index is 0.502. The van der Waals surface area contributed by atoms with E-state index in [-0.39, 0.29) is 0 Å². The van der Waals surface area contributed by atoms with E-state index in [0.29, 0.717) is 11.7 Å². The van der Waals surface area contributed by atoms with E-state index in [1.54, 1.807) is 6.07 Å². The van der Waals surface area contributed by atoms with Gasteiger partial charge in [0, 0.05) is 17.7 Å². The van der Waals surface area contributed by atoms with Crippen molar-refractivity contribution in [2.24, 2.45) is 0 Å². The highest BCUT2D eigenvalue weighted by Gasteiger charge is 2.27. The molecule has 0 atom stereocenters. The smallest absolute Gasteiger partial charge is 0.136 e. The third-order valence-electron chi connectivity index (χ3n) is 3.36. The summed E-state index contributed by atoms with van der Waals surface area (Å²) in [6.45, 7) is 4.16. The highest BCUT2D eigenvalue weighted by Crippen LogP contribution is 2.38. The second kappa shape index (κ2) is 4.53. The van der Waals surface area contributed by atoms with Gasteiger partial charge in [0.1, 0.15) is 17.5 Å². The number of hydrogen-bond acceptors (Lipinski definition) is 4. The lowest BCUT2D eigenvalue weighted by molar-refractivity contribution is 0.935. The van der Waals surface area contributed by atoms with Gasteiger partial charge in [0.2, 0.25) is 0 Å². The Morgan fingerprint density at radius 3 is 2.68 bits per heavy atom. The van der Waals surface area contributed by atoms with Crippen LogP contribution in [0.4, 0.5) is 17.3 Å². The molecule has 98 valence electrons. The Bertz CT molecular complexity index is 618. The fourth-order valence-electron chi connectivity index (χ4n) is 2.08. The largest absolute Gasteiger partial charge is 0.384 e. The normalized spacial score (nSPS) is 14.4. The number of aryl methyl sites for hydroxylation is 2. The first kappa shape index (κ1) is 12.0. The summed E-state index contributed by atoms with van der Waals surface area (Å²) < 4.78 is 0. The fourth-order valence-corrected chi connectivity index (χ4v) is 2.08. The van der Waals surface area contributed by atoms with Gasteiger partial charge >= 0.3 is 0 Å². The second-order valence-corrected chi connectivity index (χ2v) is 5.25. The molecular formula is C15H18N4. The number of anilines is 3. The first-order valence-electron chi connectivity index (χ1n) is 6.60. The molecule has 1 aliphatic carbocycles. The zero-order valence-electron chi connectivity index (χ0n) is 11.3. The van der Waals surface area contributed by atoms with Gasteiger partial charge in [-0.2, -0.15) is 0 Å². The summed E-state index contributed by atoms with van der Waals surface area (Å²) in [7, 11) is 0. The van der Waals surface area contributed by atoms with Crippen LogP contribution in [0.15, 0.2) is 24.3 Å².